The Labute approximate surface area is 161 Å². The van der Waals surface area contributed by atoms with E-state index in [4.69, 9.17) is 15.2 Å². The summed E-state index contributed by atoms with van der Waals surface area (Å²) in [5, 5.41) is 0. The molecule has 0 bridgehead atoms. The number of nitrogens with two attached hydrogens (primary N) is 1. The van der Waals surface area contributed by atoms with Crippen molar-refractivity contribution in [3.63, 3.8) is 0 Å². The number of hydrogen-bond acceptors (Lipinski definition) is 5. The van der Waals surface area contributed by atoms with Gasteiger partial charge in [0.1, 0.15) is 11.8 Å². The maximum Gasteiger partial charge on any atom is 0.262 e. The Morgan fingerprint density at radius 2 is 1.57 bits per heavy atom. The normalized spacial score (nSPS) is 16.9. The van der Waals surface area contributed by atoms with Crippen LogP contribution in [0.25, 0.3) is 0 Å². The molecule has 2 aliphatic rings. The van der Waals surface area contributed by atoms with Crippen LogP contribution in [-0.4, -0.2) is 23.8 Å². The third-order valence-electron chi connectivity index (χ3n) is 5.20. The summed E-state index contributed by atoms with van der Waals surface area (Å²) < 4.78 is 11.5. The highest BCUT2D eigenvalue weighted by atomic mass is 16.5. The molecule has 1 atom stereocenters. The van der Waals surface area contributed by atoms with Gasteiger partial charge in [0.05, 0.1) is 18.2 Å². The Morgan fingerprint density at radius 1 is 0.929 bits per heavy atom. The third-order valence-corrected chi connectivity index (χ3v) is 5.20. The standard InChI is InChI=1S/C22H16N2O4/c1-27-17-11-10-15(23)18-19(14-8-4-5-9-16(14)28-20(17)18)24-21(25)12-6-2-3-7-13(12)22(24)26/h2-11,19H,23H2,1H3. The summed E-state index contributed by atoms with van der Waals surface area (Å²) in [5.41, 5.74) is 8.74. The number of anilines is 1. The molecule has 0 radical (unpaired) electrons. The van der Waals surface area contributed by atoms with Crippen molar-refractivity contribution in [2.75, 3.05) is 12.8 Å². The molecule has 0 saturated carbocycles. The molecule has 6 nitrogen and oxygen atoms in total. The summed E-state index contributed by atoms with van der Waals surface area (Å²) in [6.45, 7) is 0. The molecule has 2 aliphatic heterocycles. The van der Waals surface area contributed by atoms with Crippen molar-refractivity contribution in [2.45, 2.75) is 6.04 Å². The van der Waals surface area contributed by atoms with Crippen molar-refractivity contribution in [3.05, 3.63) is 82.9 Å². The van der Waals surface area contributed by atoms with Gasteiger partial charge in [-0.3, -0.25) is 14.5 Å². The minimum Gasteiger partial charge on any atom is -0.493 e. The lowest BCUT2D eigenvalue weighted by atomic mass is 9.91. The van der Waals surface area contributed by atoms with Crippen LogP contribution < -0.4 is 15.2 Å². The van der Waals surface area contributed by atoms with Crippen LogP contribution in [0.2, 0.25) is 0 Å². The van der Waals surface area contributed by atoms with Crippen molar-refractivity contribution in [1.29, 1.82) is 0 Å². The van der Waals surface area contributed by atoms with Crippen LogP contribution in [0.1, 0.15) is 37.9 Å². The quantitative estimate of drug-likeness (QED) is 0.547. The Bertz CT molecular complexity index is 1120. The van der Waals surface area contributed by atoms with E-state index in [2.05, 4.69) is 0 Å². The van der Waals surface area contributed by atoms with Crippen molar-refractivity contribution >= 4 is 17.5 Å². The molecule has 138 valence electrons. The first kappa shape index (κ1) is 16.4. The number of imide groups is 1. The molecule has 0 spiro atoms. The van der Waals surface area contributed by atoms with E-state index < -0.39 is 6.04 Å². The SMILES string of the molecule is COc1ccc(N)c2c1Oc1ccccc1C2N1C(=O)c2ccccc2C1=O. The molecule has 3 aromatic rings. The van der Waals surface area contributed by atoms with Gasteiger partial charge in [-0.15, -0.1) is 0 Å². The second-order valence-corrected chi connectivity index (χ2v) is 6.67. The predicted octanol–water partition coefficient (Wildman–Crippen LogP) is 3.77. The summed E-state index contributed by atoms with van der Waals surface area (Å²) in [4.78, 5) is 27.6. The van der Waals surface area contributed by atoms with Gasteiger partial charge in [0.15, 0.2) is 11.5 Å². The van der Waals surface area contributed by atoms with Gasteiger partial charge in [-0.1, -0.05) is 30.3 Å². The predicted molar refractivity (Wildman–Crippen MR) is 103 cm³/mol. The number of nitrogens with zero attached hydrogens (tertiary/aromatic N) is 1. The van der Waals surface area contributed by atoms with E-state index in [1.165, 1.54) is 12.0 Å². The molecule has 2 heterocycles. The monoisotopic (exact) mass is 372 g/mol. The molecule has 0 aromatic heterocycles. The zero-order chi connectivity index (χ0) is 19.4. The highest BCUT2D eigenvalue weighted by molar-refractivity contribution is 6.22. The van der Waals surface area contributed by atoms with E-state index in [-0.39, 0.29) is 11.8 Å². The maximum absolute atomic E-state index is 13.2. The fraction of sp³-hybridized carbons (Fsp3) is 0.0909. The first-order valence-corrected chi connectivity index (χ1v) is 8.82. The summed E-state index contributed by atoms with van der Waals surface area (Å²) in [6.07, 6.45) is 0. The molecule has 0 saturated heterocycles. The van der Waals surface area contributed by atoms with E-state index in [9.17, 15) is 9.59 Å². The molecule has 6 heteroatoms. The number of para-hydroxylation sites is 1. The van der Waals surface area contributed by atoms with Gasteiger partial charge < -0.3 is 15.2 Å². The van der Waals surface area contributed by atoms with Gasteiger partial charge in [0, 0.05) is 16.8 Å². The van der Waals surface area contributed by atoms with Gasteiger partial charge in [0.25, 0.3) is 11.8 Å². The van der Waals surface area contributed by atoms with Crippen LogP contribution in [0.5, 0.6) is 17.2 Å². The van der Waals surface area contributed by atoms with Crippen molar-refractivity contribution in [1.82, 2.24) is 4.90 Å². The number of amides is 2. The van der Waals surface area contributed by atoms with Gasteiger partial charge in [-0.05, 0) is 30.3 Å². The zero-order valence-electron chi connectivity index (χ0n) is 15.0. The average molecular weight is 372 g/mol. The van der Waals surface area contributed by atoms with Crippen molar-refractivity contribution < 1.29 is 19.1 Å². The highest BCUT2D eigenvalue weighted by Gasteiger charge is 2.45. The van der Waals surface area contributed by atoms with Crippen LogP contribution in [0.3, 0.4) is 0 Å². The van der Waals surface area contributed by atoms with Gasteiger partial charge in [-0.25, -0.2) is 0 Å². The van der Waals surface area contributed by atoms with E-state index in [0.717, 1.165) is 0 Å². The molecular formula is C22H16N2O4. The number of carbonyl (C=O) groups is 2. The van der Waals surface area contributed by atoms with E-state index in [0.29, 0.717) is 45.2 Å². The van der Waals surface area contributed by atoms with E-state index >= 15 is 0 Å². The first-order valence-electron chi connectivity index (χ1n) is 8.82. The van der Waals surface area contributed by atoms with Crippen LogP contribution in [-0.2, 0) is 0 Å². The van der Waals surface area contributed by atoms with Crippen molar-refractivity contribution in [3.8, 4) is 17.2 Å². The molecule has 3 aromatic carbocycles. The maximum atomic E-state index is 13.2. The number of benzene rings is 3. The van der Waals surface area contributed by atoms with Crippen LogP contribution in [0.15, 0.2) is 60.7 Å². The number of methoxy groups -OCH3 is 1. The summed E-state index contributed by atoms with van der Waals surface area (Å²) >= 11 is 0. The minimum atomic E-state index is -0.706. The Balaban J connectivity index is 1.78. The molecule has 28 heavy (non-hydrogen) atoms. The second-order valence-electron chi connectivity index (χ2n) is 6.67. The zero-order valence-corrected chi connectivity index (χ0v) is 15.0. The van der Waals surface area contributed by atoms with Crippen LogP contribution >= 0.6 is 0 Å². The Morgan fingerprint density at radius 3 is 2.25 bits per heavy atom. The van der Waals surface area contributed by atoms with Crippen LogP contribution in [0, 0.1) is 0 Å². The second kappa shape index (κ2) is 5.85. The topological polar surface area (TPSA) is 81.9 Å². The minimum absolute atomic E-state index is 0.351. The molecule has 1 unspecified atom stereocenters. The van der Waals surface area contributed by atoms with Crippen molar-refractivity contribution in [2.24, 2.45) is 0 Å². The highest BCUT2D eigenvalue weighted by Crippen LogP contribution is 2.52. The Hall–Kier alpha value is -3.80. The largest absolute Gasteiger partial charge is 0.493 e. The lowest BCUT2D eigenvalue weighted by Gasteiger charge is -2.34. The Kier molecular flexibility index (Phi) is 3.42. The third kappa shape index (κ3) is 2.08. The van der Waals surface area contributed by atoms with E-state index in [1.807, 2.05) is 18.2 Å². The van der Waals surface area contributed by atoms with Gasteiger partial charge in [-0.2, -0.15) is 0 Å². The first-order chi connectivity index (χ1) is 13.6. The number of nitrogen functional groups attached to an aromatic ring is 1. The molecular weight excluding hydrogens is 356 g/mol. The van der Waals surface area contributed by atoms with E-state index in [1.54, 1.807) is 42.5 Å². The summed E-state index contributed by atoms with van der Waals surface area (Å²) in [6, 6.07) is 16.8. The lowest BCUT2D eigenvalue weighted by molar-refractivity contribution is 0.0603. The molecule has 0 fully saturated rings. The number of fused-ring (bicyclic) bond motifs is 3. The summed E-state index contributed by atoms with van der Waals surface area (Å²) in [5.74, 6) is 0.759. The van der Waals surface area contributed by atoms with Gasteiger partial charge in [0.2, 0.25) is 0 Å². The molecule has 2 amide bonds. The number of rotatable bonds is 2. The average Bonchev–Trinajstić information content (AvgIpc) is 2.97. The fourth-order valence-corrected chi connectivity index (χ4v) is 3.92. The van der Waals surface area contributed by atoms with Crippen LogP contribution in [0.4, 0.5) is 5.69 Å². The molecule has 0 aliphatic carbocycles. The number of hydrogen-bond donors (Lipinski definition) is 1. The molecule has 5 rings (SSSR count). The molecule has 2 N–H and O–H groups in total. The number of ether oxygens (including phenoxy) is 2. The summed E-state index contributed by atoms with van der Waals surface area (Å²) in [7, 11) is 1.53. The fourth-order valence-electron chi connectivity index (χ4n) is 3.92. The lowest BCUT2D eigenvalue weighted by Crippen LogP contribution is -2.36. The smallest absolute Gasteiger partial charge is 0.262 e. The van der Waals surface area contributed by atoms with Gasteiger partial charge >= 0.3 is 0 Å². The number of carbonyl (C=O) groups excluding carboxylic acids is 2.